The fourth-order valence-electron chi connectivity index (χ4n) is 2.31. The number of carbonyl (C=O) groups excluding carboxylic acids is 1. The number of unbranched alkanes of at least 4 members (excludes halogenated alkanes) is 1. The number of hydrogen-bond donors (Lipinski definition) is 2. The van der Waals surface area contributed by atoms with Crippen LogP contribution in [0.25, 0.3) is 5.69 Å². The number of aryl methyl sites for hydroxylation is 1. The van der Waals surface area contributed by atoms with Gasteiger partial charge in [0.1, 0.15) is 6.04 Å². The number of carboxylic acid groups (broad SMARTS) is 1. The van der Waals surface area contributed by atoms with Crippen molar-refractivity contribution in [1.82, 2.24) is 15.1 Å². The molecule has 0 aliphatic heterocycles. The van der Waals surface area contributed by atoms with Crippen LogP contribution in [0.4, 0.5) is 0 Å². The maximum absolute atomic E-state index is 12.3. The zero-order valence-electron chi connectivity index (χ0n) is 13.3. The van der Waals surface area contributed by atoms with Crippen molar-refractivity contribution in [2.75, 3.05) is 0 Å². The van der Waals surface area contributed by atoms with Crippen LogP contribution in [-0.4, -0.2) is 32.8 Å². The van der Waals surface area contributed by atoms with Crippen LogP contribution < -0.4 is 5.32 Å². The summed E-state index contributed by atoms with van der Waals surface area (Å²) in [6, 6.07) is 10.2. The highest BCUT2D eigenvalue weighted by Gasteiger charge is 2.22. The lowest BCUT2D eigenvalue weighted by Gasteiger charge is -2.12. The standard InChI is InChI=1S/C17H21N3O3/c1-3-4-10-14(17(22)23)18-16(21)15-11-12(2)20(19-15)13-8-6-5-7-9-13/h5-9,11,14H,3-4,10H2,1-2H3,(H,18,21)(H,22,23). The number of rotatable bonds is 7. The van der Waals surface area contributed by atoms with Gasteiger partial charge in [-0.15, -0.1) is 0 Å². The Balaban J connectivity index is 2.15. The summed E-state index contributed by atoms with van der Waals surface area (Å²) in [4.78, 5) is 23.5. The van der Waals surface area contributed by atoms with E-state index in [1.807, 2.05) is 44.2 Å². The maximum atomic E-state index is 12.3. The van der Waals surface area contributed by atoms with Gasteiger partial charge in [-0.2, -0.15) is 5.10 Å². The van der Waals surface area contributed by atoms with Gasteiger partial charge >= 0.3 is 5.97 Å². The van der Waals surface area contributed by atoms with E-state index >= 15 is 0 Å². The van der Waals surface area contributed by atoms with Gasteiger partial charge in [0, 0.05) is 5.69 Å². The normalized spacial score (nSPS) is 11.9. The largest absolute Gasteiger partial charge is 0.480 e. The Kier molecular flexibility index (Phi) is 5.51. The van der Waals surface area contributed by atoms with Crippen LogP contribution in [0.3, 0.4) is 0 Å². The first-order valence-corrected chi connectivity index (χ1v) is 7.68. The molecule has 0 saturated carbocycles. The van der Waals surface area contributed by atoms with E-state index < -0.39 is 17.9 Å². The molecule has 1 unspecified atom stereocenters. The molecule has 23 heavy (non-hydrogen) atoms. The van der Waals surface area contributed by atoms with Gasteiger partial charge in [-0.05, 0) is 31.5 Å². The SMILES string of the molecule is CCCCC(NC(=O)c1cc(C)n(-c2ccccc2)n1)C(=O)O. The predicted octanol–water partition coefficient (Wildman–Crippen LogP) is 2.55. The fraction of sp³-hybridized carbons (Fsp3) is 0.353. The number of aromatic nitrogens is 2. The number of benzene rings is 1. The first-order chi connectivity index (χ1) is 11.0. The molecule has 1 aromatic carbocycles. The highest BCUT2D eigenvalue weighted by Crippen LogP contribution is 2.12. The minimum Gasteiger partial charge on any atom is -0.480 e. The molecular weight excluding hydrogens is 294 g/mol. The number of carbonyl (C=O) groups is 2. The Hall–Kier alpha value is -2.63. The molecule has 2 rings (SSSR count). The van der Waals surface area contributed by atoms with Crippen molar-refractivity contribution in [1.29, 1.82) is 0 Å². The Bertz CT molecular complexity index is 680. The number of nitrogens with one attached hydrogen (secondary N) is 1. The summed E-state index contributed by atoms with van der Waals surface area (Å²) in [5.74, 6) is -1.49. The van der Waals surface area contributed by atoms with Gasteiger partial charge in [-0.25, -0.2) is 9.48 Å². The number of para-hydroxylation sites is 1. The monoisotopic (exact) mass is 315 g/mol. The summed E-state index contributed by atoms with van der Waals surface area (Å²) < 4.78 is 1.66. The van der Waals surface area contributed by atoms with E-state index in [1.165, 1.54) is 0 Å². The van der Waals surface area contributed by atoms with Gasteiger partial charge < -0.3 is 10.4 Å². The van der Waals surface area contributed by atoms with Crippen molar-refractivity contribution < 1.29 is 14.7 Å². The van der Waals surface area contributed by atoms with Crippen molar-refractivity contribution in [3.63, 3.8) is 0 Å². The zero-order valence-corrected chi connectivity index (χ0v) is 13.3. The lowest BCUT2D eigenvalue weighted by Crippen LogP contribution is -2.40. The molecule has 2 N–H and O–H groups in total. The van der Waals surface area contributed by atoms with E-state index in [9.17, 15) is 14.7 Å². The summed E-state index contributed by atoms with van der Waals surface area (Å²) in [6.45, 7) is 3.83. The van der Waals surface area contributed by atoms with Crippen LogP contribution >= 0.6 is 0 Å². The smallest absolute Gasteiger partial charge is 0.326 e. The summed E-state index contributed by atoms with van der Waals surface area (Å²) in [5.41, 5.74) is 1.88. The third kappa shape index (κ3) is 4.18. The third-order valence-electron chi connectivity index (χ3n) is 3.57. The van der Waals surface area contributed by atoms with Gasteiger partial charge in [0.15, 0.2) is 5.69 Å². The summed E-state index contributed by atoms with van der Waals surface area (Å²) in [6.07, 6.45) is 2.03. The highest BCUT2D eigenvalue weighted by molar-refractivity contribution is 5.95. The molecule has 1 amide bonds. The Morgan fingerprint density at radius 1 is 1.30 bits per heavy atom. The van der Waals surface area contributed by atoms with Gasteiger partial charge in [-0.3, -0.25) is 4.79 Å². The van der Waals surface area contributed by atoms with Crippen LogP contribution in [0, 0.1) is 6.92 Å². The second-order valence-corrected chi connectivity index (χ2v) is 5.42. The summed E-state index contributed by atoms with van der Waals surface area (Å²) in [7, 11) is 0. The van der Waals surface area contributed by atoms with E-state index in [2.05, 4.69) is 10.4 Å². The molecule has 122 valence electrons. The molecule has 6 heteroatoms. The van der Waals surface area contributed by atoms with Gasteiger partial charge in [0.05, 0.1) is 5.69 Å². The Labute approximate surface area is 135 Å². The van der Waals surface area contributed by atoms with Crippen LogP contribution in [0.1, 0.15) is 42.4 Å². The summed E-state index contributed by atoms with van der Waals surface area (Å²) in [5, 5.41) is 16.0. The van der Waals surface area contributed by atoms with E-state index in [0.717, 1.165) is 24.2 Å². The lowest BCUT2D eigenvalue weighted by atomic mass is 10.1. The average Bonchev–Trinajstić information content (AvgIpc) is 2.93. The average molecular weight is 315 g/mol. The Morgan fingerprint density at radius 3 is 2.61 bits per heavy atom. The van der Waals surface area contributed by atoms with Crippen molar-refractivity contribution in [3.8, 4) is 5.69 Å². The number of aliphatic carboxylic acids is 1. The quantitative estimate of drug-likeness (QED) is 0.822. The Morgan fingerprint density at radius 2 is 2.00 bits per heavy atom. The first-order valence-electron chi connectivity index (χ1n) is 7.68. The van der Waals surface area contributed by atoms with Crippen molar-refractivity contribution in [2.45, 2.75) is 39.2 Å². The van der Waals surface area contributed by atoms with Crippen LogP contribution in [0.5, 0.6) is 0 Å². The number of amides is 1. The van der Waals surface area contributed by atoms with Gasteiger partial charge in [-0.1, -0.05) is 38.0 Å². The molecule has 0 aliphatic carbocycles. The maximum Gasteiger partial charge on any atom is 0.326 e. The van der Waals surface area contributed by atoms with E-state index in [-0.39, 0.29) is 5.69 Å². The van der Waals surface area contributed by atoms with Crippen LogP contribution in [0.15, 0.2) is 36.4 Å². The molecule has 6 nitrogen and oxygen atoms in total. The topological polar surface area (TPSA) is 84.2 Å². The number of carboxylic acids is 1. The minimum absolute atomic E-state index is 0.217. The fourth-order valence-corrected chi connectivity index (χ4v) is 2.31. The first kappa shape index (κ1) is 16.7. The molecule has 0 bridgehead atoms. The molecule has 2 aromatic rings. The molecular formula is C17H21N3O3. The summed E-state index contributed by atoms with van der Waals surface area (Å²) >= 11 is 0. The predicted molar refractivity (Wildman–Crippen MR) is 86.7 cm³/mol. The molecule has 1 atom stereocenters. The van der Waals surface area contributed by atoms with Crippen molar-refractivity contribution >= 4 is 11.9 Å². The van der Waals surface area contributed by atoms with E-state index in [0.29, 0.717) is 6.42 Å². The second kappa shape index (κ2) is 7.58. The molecule has 0 fully saturated rings. The molecule has 0 radical (unpaired) electrons. The van der Waals surface area contributed by atoms with Crippen LogP contribution in [-0.2, 0) is 4.79 Å². The van der Waals surface area contributed by atoms with E-state index in [1.54, 1.807) is 10.7 Å². The van der Waals surface area contributed by atoms with Gasteiger partial charge in [0.2, 0.25) is 0 Å². The minimum atomic E-state index is -1.02. The van der Waals surface area contributed by atoms with Gasteiger partial charge in [0.25, 0.3) is 5.91 Å². The zero-order chi connectivity index (χ0) is 16.8. The molecule has 1 heterocycles. The number of hydrogen-bond acceptors (Lipinski definition) is 3. The molecule has 0 aliphatic rings. The van der Waals surface area contributed by atoms with Crippen molar-refractivity contribution in [2.24, 2.45) is 0 Å². The third-order valence-corrected chi connectivity index (χ3v) is 3.57. The number of nitrogens with zero attached hydrogens (tertiary/aromatic N) is 2. The van der Waals surface area contributed by atoms with Crippen LogP contribution in [0.2, 0.25) is 0 Å². The lowest BCUT2D eigenvalue weighted by molar-refractivity contribution is -0.139. The highest BCUT2D eigenvalue weighted by atomic mass is 16.4. The molecule has 0 saturated heterocycles. The molecule has 0 spiro atoms. The molecule has 1 aromatic heterocycles. The second-order valence-electron chi connectivity index (χ2n) is 5.42. The van der Waals surface area contributed by atoms with Crippen molar-refractivity contribution in [3.05, 3.63) is 47.8 Å². The van der Waals surface area contributed by atoms with E-state index in [4.69, 9.17) is 0 Å².